The number of hydrogen-bond donors (Lipinski definition) is 0. The number of ether oxygens (including phenoxy) is 4. The summed E-state index contributed by atoms with van der Waals surface area (Å²) in [5, 5.41) is 2.19. The van der Waals surface area contributed by atoms with Crippen LogP contribution in [0.5, 0.6) is 17.2 Å². The molecule has 6 aromatic rings. The highest BCUT2D eigenvalue weighted by Gasteiger charge is 2.44. The van der Waals surface area contributed by atoms with Gasteiger partial charge in [-0.05, 0) is 100 Å². The van der Waals surface area contributed by atoms with E-state index in [1.807, 2.05) is 12.1 Å². The molecule has 2 aliphatic heterocycles. The number of benzene rings is 6. The zero-order chi connectivity index (χ0) is 35.6. The van der Waals surface area contributed by atoms with Crippen molar-refractivity contribution in [1.29, 1.82) is 0 Å². The Hall–Kier alpha value is -5.52. The molecule has 260 valence electrons. The summed E-state index contributed by atoms with van der Waals surface area (Å²) in [6.45, 7) is 10.1. The minimum atomic E-state index is -0.888. The third kappa shape index (κ3) is 5.02. The van der Waals surface area contributed by atoms with Crippen molar-refractivity contribution >= 4 is 22.5 Å². The summed E-state index contributed by atoms with van der Waals surface area (Å²) in [5.74, 6) is 2.46. The second-order valence-corrected chi connectivity index (χ2v) is 14.7. The van der Waals surface area contributed by atoms with Crippen molar-refractivity contribution in [3.8, 4) is 39.5 Å². The number of nitrogens with zero attached hydrogens (tertiary/aromatic N) is 1. The molecule has 0 radical (unpaired) electrons. The number of rotatable bonds is 6. The molecule has 1 unspecified atom stereocenters. The second kappa shape index (κ2) is 12.3. The van der Waals surface area contributed by atoms with Crippen molar-refractivity contribution in [2.24, 2.45) is 0 Å². The van der Waals surface area contributed by atoms with Gasteiger partial charge in [-0.1, -0.05) is 86.2 Å². The van der Waals surface area contributed by atoms with Crippen LogP contribution >= 0.6 is 0 Å². The van der Waals surface area contributed by atoms with E-state index >= 15 is 0 Å². The molecule has 52 heavy (non-hydrogen) atoms. The van der Waals surface area contributed by atoms with Gasteiger partial charge in [-0.15, -0.1) is 0 Å². The van der Waals surface area contributed by atoms with Crippen molar-refractivity contribution in [3.05, 3.63) is 149 Å². The Morgan fingerprint density at radius 2 is 1.33 bits per heavy atom. The van der Waals surface area contributed by atoms with Crippen LogP contribution in [0.25, 0.3) is 39.1 Å². The zero-order valence-corrected chi connectivity index (χ0v) is 30.5. The lowest BCUT2D eigenvalue weighted by atomic mass is 9.76. The van der Waals surface area contributed by atoms with Gasteiger partial charge in [-0.3, -0.25) is 0 Å². The van der Waals surface area contributed by atoms with E-state index in [4.69, 9.17) is 18.9 Å². The predicted molar refractivity (Wildman–Crippen MR) is 211 cm³/mol. The van der Waals surface area contributed by atoms with Crippen LogP contribution in [0.2, 0.25) is 0 Å². The van der Waals surface area contributed by atoms with Crippen molar-refractivity contribution < 1.29 is 18.9 Å². The fourth-order valence-electron chi connectivity index (χ4n) is 8.57. The first-order chi connectivity index (χ1) is 25.3. The standard InChI is InChI=1S/C47H43NO4/c1-30-6-8-31(9-7-30)32-10-20-39-42(28-32)46(2,3)44-40-22-23-47(34-13-17-36(49-4)18-14-34,33-11-15-35(16-12-33)48-24-26-51-27-25-48)52-45(40)41-29-37(50-5)19-21-38(41)43(39)44/h6-23,28-29H,24-27H2,1-5H3. The first-order valence-corrected chi connectivity index (χ1v) is 18.2. The highest BCUT2D eigenvalue weighted by Crippen LogP contribution is 2.59. The van der Waals surface area contributed by atoms with Gasteiger partial charge in [0.25, 0.3) is 0 Å². The van der Waals surface area contributed by atoms with E-state index in [0.29, 0.717) is 0 Å². The SMILES string of the molecule is COc1ccc(C2(c3ccc(N4CCOCC4)cc3)C=Cc3c4c(c5ccc(OC)cc5c3O2)-c2ccc(-c3ccc(C)cc3)cc2C4(C)C)cc1. The third-order valence-electron chi connectivity index (χ3n) is 11.4. The van der Waals surface area contributed by atoms with E-state index in [0.717, 1.165) is 71.0 Å². The Morgan fingerprint density at radius 3 is 2.02 bits per heavy atom. The lowest BCUT2D eigenvalue weighted by molar-refractivity contribution is 0.122. The maximum Gasteiger partial charge on any atom is 0.178 e. The molecule has 2 heterocycles. The Kier molecular flexibility index (Phi) is 7.67. The fourth-order valence-corrected chi connectivity index (χ4v) is 8.57. The average molecular weight is 686 g/mol. The maximum absolute atomic E-state index is 7.57. The molecule has 1 saturated heterocycles. The molecule has 1 aliphatic carbocycles. The summed E-state index contributed by atoms with van der Waals surface area (Å²) in [6, 6.07) is 39.3. The van der Waals surface area contributed by atoms with Gasteiger partial charge in [-0.25, -0.2) is 0 Å². The summed E-state index contributed by atoms with van der Waals surface area (Å²) in [4.78, 5) is 2.38. The second-order valence-electron chi connectivity index (χ2n) is 14.7. The van der Waals surface area contributed by atoms with E-state index in [-0.39, 0.29) is 5.41 Å². The molecule has 0 aromatic heterocycles. The van der Waals surface area contributed by atoms with Crippen LogP contribution in [0.1, 0.15) is 47.2 Å². The fraction of sp³-hybridized carbons (Fsp3) is 0.234. The van der Waals surface area contributed by atoms with Crippen molar-refractivity contribution in [2.45, 2.75) is 31.8 Å². The molecule has 9 rings (SSSR count). The molecule has 1 atom stereocenters. The van der Waals surface area contributed by atoms with E-state index in [9.17, 15) is 0 Å². The topological polar surface area (TPSA) is 40.2 Å². The Morgan fingerprint density at radius 1 is 0.673 bits per heavy atom. The summed E-state index contributed by atoms with van der Waals surface area (Å²) in [6.07, 6.45) is 4.56. The van der Waals surface area contributed by atoms with E-state index in [2.05, 4.69) is 135 Å². The smallest absolute Gasteiger partial charge is 0.178 e. The van der Waals surface area contributed by atoms with Gasteiger partial charge in [0.15, 0.2) is 5.60 Å². The van der Waals surface area contributed by atoms with Crippen LogP contribution in [0.15, 0.2) is 115 Å². The number of anilines is 1. The first kappa shape index (κ1) is 32.4. The summed E-state index contributed by atoms with van der Waals surface area (Å²) < 4.78 is 24.6. The molecular formula is C47H43NO4. The molecule has 0 N–H and O–H groups in total. The number of fused-ring (bicyclic) bond motifs is 8. The number of aryl methyl sites for hydroxylation is 1. The van der Waals surface area contributed by atoms with Gasteiger partial charge < -0.3 is 23.8 Å². The normalized spacial score (nSPS) is 18.4. The lowest BCUT2D eigenvalue weighted by Crippen LogP contribution is -2.37. The van der Waals surface area contributed by atoms with Crippen LogP contribution < -0.4 is 19.1 Å². The van der Waals surface area contributed by atoms with Gasteiger partial charge in [0.1, 0.15) is 17.2 Å². The molecule has 0 spiro atoms. The van der Waals surface area contributed by atoms with Crippen molar-refractivity contribution in [2.75, 3.05) is 45.4 Å². The molecule has 5 nitrogen and oxygen atoms in total. The highest BCUT2D eigenvalue weighted by atomic mass is 16.5. The van der Waals surface area contributed by atoms with Gasteiger partial charge in [0, 0.05) is 46.3 Å². The summed E-state index contributed by atoms with van der Waals surface area (Å²) >= 11 is 0. The monoisotopic (exact) mass is 685 g/mol. The highest BCUT2D eigenvalue weighted by molar-refractivity contribution is 6.09. The molecule has 3 aliphatic rings. The van der Waals surface area contributed by atoms with Crippen molar-refractivity contribution in [3.63, 3.8) is 0 Å². The Labute approximate surface area is 306 Å². The lowest BCUT2D eigenvalue weighted by Gasteiger charge is -2.39. The van der Waals surface area contributed by atoms with Gasteiger partial charge in [0.05, 0.1) is 27.4 Å². The maximum atomic E-state index is 7.57. The van der Waals surface area contributed by atoms with Gasteiger partial charge >= 0.3 is 0 Å². The van der Waals surface area contributed by atoms with Crippen LogP contribution in [0, 0.1) is 6.92 Å². The quantitative estimate of drug-likeness (QED) is 0.175. The third-order valence-corrected chi connectivity index (χ3v) is 11.4. The number of morpholine rings is 1. The zero-order valence-electron chi connectivity index (χ0n) is 30.5. The molecule has 0 bridgehead atoms. The largest absolute Gasteiger partial charge is 0.497 e. The molecule has 6 aromatic carbocycles. The molecule has 1 fully saturated rings. The average Bonchev–Trinajstić information content (AvgIpc) is 3.44. The summed E-state index contributed by atoms with van der Waals surface area (Å²) in [5.41, 5.74) is 12.1. The van der Waals surface area contributed by atoms with Gasteiger partial charge in [-0.2, -0.15) is 0 Å². The molecule has 5 heteroatoms. The predicted octanol–water partition coefficient (Wildman–Crippen LogP) is 10.3. The molecule has 0 amide bonds. The molecule has 0 saturated carbocycles. The van der Waals surface area contributed by atoms with Crippen molar-refractivity contribution in [1.82, 2.24) is 0 Å². The number of hydrogen-bond acceptors (Lipinski definition) is 5. The number of methoxy groups -OCH3 is 2. The van der Waals surface area contributed by atoms with Crippen LogP contribution in [-0.4, -0.2) is 40.5 Å². The minimum Gasteiger partial charge on any atom is -0.497 e. The van der Waals surface area contributed by atoms with E-state index in [1.54, 1.807) is 14.2 Å². The molecular weight excluding hydrogens is 643 g/mol. The first-order valence-electron chi connectivity index (χ1n) is 18.2. The van der Waals surface area contributed by atoms with E-state index in [1.165, 1.54) is 44.6 Å². The van der Waals surface area contributed by atoms with Gasteiger partial charge in [0.2, 0.25) is 0 Å². The van der Waals surface area contributed by atoms with Crippen LogP contribution in [0.4, 0.5) is 5.69 Å². The summed E-state index contributed by atoms with van der Waals surface area (Å²) in [7, 11) is 3.43. The van der Waals surface area contributed by atoms with Crippen LogP contribution in [-0.2, 0) is 15.8 Å². The Balaban J connectivity index is 1.25. The van der Waals surface area contributed by atoms with Crippen LogP contribution in [0.3, 0.4) is 0 Å². The Bertz CT molecular complexity index is 2350. The van der Waals surface area contributed by atoms with E-state index < -0.39 is 5.60 Å². The minimum absolute atomic E-state index is 0.281.